The van der Waals surface area contributed by atoms with Crippen LogP contribution in [0.1, 0.15) is 60.3 Å². The summed E-state index contributed by atoms with van der Waals surface area (Å²) >= 11 is 0. The van der Waals surface area contributed by atoms with Crippen molar-refractivity contribution in [2.24, 2.45) is 17.6 Å². The highest BCUT2D eigenvalue weighted by molar-refractivity contribution is 4.72. The average molecular weight is 242 g/mol. The first-order valence-corrected chi connectivity index (χ1v) is 7.52. The van der Waals surface area contributed by atoms with E-state index in [1.54, 1.807) is 0 Å². The van der Waals surface area contributed by atoms with Gasteiger partial charge in [-0.3, -0.25) is 0 Å². The third-order valence-corrected chi connectivity index (χ3v) is 3.79. The van der Waals surface area contributed by atoms with Crippen molar-refractivity contribution in [2.75, 3.05) is 19.6 Å². The van der Waals surface area contributed by atoms with Gasteiger partial charge in [0.05, 0.1) is 0 Å². The highest BCUT2D eigenvalue weighted by atomic mass is 15.1. The molecule has 0 aliphatic carbocycles. The Kier molecular flexibility index (Phi) is 9.85. The van der Waals surface area contributed by atoms with Gasteiger partial charge < -0.3 is 10.6 Å². The smallest absolute Gasteiger partial charge is 0.00901 e. The summed E-state index contributed by atoms with van der Waals surface area (Å²) in [6.07, 6.45) is 5.01. The van der Waals surface area contributed by atoms with E-state index in [-0.39, 0.29) is 0 Å². The minimum absolute atomic E-state index is 0.707. The van der Waals surface area contributed by atoms with Crippen molar-refractivity contribution in [1.29, 1.82) is 0 Å². The molecule has 0 aromatic carbocycles. The van der Waals surface area contributed by atoms with Crippen LogP contribution in [0.15, 0.2) is 0 Å². The molecule has 0 bridgehead atoms. The predicted octanol–water partition coefficient (Wildman–Crippen LogP) is 3.51. The van der Waals surface area contributed by atoms with Crippen molar-refractivity contribution >= 4 is 0 Å². The molecule has 17 heavy (non-hydrogen) atoms. The molecule has 0 spiro atoms. The van der Waals surface area contributed by atoms with E-state index in [9.17, 15) is 0 Å². The summed E-state index contributed by atoms with van der Waals surface area (Å²) < 4.78 is 0. The number of hydrogen-bond donors (Lipinski definition) is 1. The van der Waals surface area contributed by atoms with Gasteiger partial charge in [0.1, 0.15) is 0 Å². The minimum Gasteiger partial charge on any atom is -0.330 e. The molecule has 0 amide bonds. The maximum absolute atomic E-state index is 5.79. The zero-order chi connectivity index (χ0) is 13.3. The normalized spacial score (nSPS) is 13.9. The van der Waals surface area contributed by atoms with Crippen molar-refractivity contribution in [3.8, 4) is 0 Å². The first-order valence-electron chi connectivity index (χ1n) is 7.52. The fourth-order valence-corrected chi connectivity index (χ4v) is 2.53. The molecule has 0 saturated carbocycles. The van der Waals surface area contributed by atoms with Crippen molar-refractivity contribution in [3.05, 3.63) is 0 Å². The summed E-state index contributed by atoms with van der Waals surface area (Å²) in [6, 6.07) is 0.757. The second-order valence-corrected chi connectivity index (χ2v) is 5.66. The SMILES string of the molecule is CCC(CN)CCN(CC(C)C)C(CC)CC. The summed E-state index contributed by atoms with van der Waals surface area (Å²) in [5, 5.41) is 0. The van der Waals surface area contributed by atoms with Gasteiger partial charge in [-0.05, 0) is 44.2 Å². The first-order chi connectivity index (χ1) is 8.08. The Hall–Kier alpha value is -0.0800. The number of rotatable bonds is 10. The monoisotopic (exact) mass is 242 g/mol. The van der Waals surface area contributed by atoms with Gasteiger partial charge >= 0.3 is 0 Å². The van der Waals surface area contributed by atoms with Crippen LogP contribution in [0.5, 0.6) is 0 Å². The van der Waals surface area contributed by atoms with Crippen LogP contribution in [0.4, 0.5) is 0 Å². The summed E-state index contributed by atoms with van der Waals surface area (Å²) in [4.78, 5) is 2.68. The van der Waals surface area contributed by atoms with Gasteiger partial charge in [-0.25, -0.2) is 0 Å². The topological polar surface area (TPSA) is 29.3 Å². The summed E-state index contributed by atoms with van der Waals surface area (Å²) in [7, 11) is 0. The Labute approximate surface area is 109 Å². The van der Waals surface area contributed by atoms with E-state index in [0.29, 0.717) is 5.92 Å². The predicted molar refractivity (Wildman–Crippen MR) is 78.2 cm³/mol. The molecule has 1 unspecified atom stereocenters. The molecule has 0 rings (SSSR count). The molecule has 0 aromatic heterocycles. The quantitative estimate of drug-likeness (QED) is 0.635. The first kappa shape index (κ1) is 16.9. The molecule has 1 atom stereocenters. The molecule has 0 aliphatic heterocycles. The standard InChI is InChI=1S/C15H34N2/c1-6-14(11-16)9-10-17(12-13(4)5)15(7-2)8-3/h13-15H,6-12,16H2,1-5H3. The molecule has 0 aromatic rings. The van der Waals surface area contributed by atoms with Crippen molar-refractivity contribution in [3.63, 3.8) is 0 Å². The van der Waals surface area contributed by atoms with Gasteiger partial charge in [0.2, 0.25) is 0 Å². The lowest BCUT2D eigenvalue weighted by atomic mass is 10.0. The number of nitrogens with zero attached hydrogens (tertiary/aromatic N) is 1. The van der Waals surface area contributed by atoms with Crippen LogP contribution >= 0.6 is 0 Å². The van der Waals surface area contributed by atoms with Crippen LogP contribution in [-0.2, 0) is 0 Å². The van der Waals surface area contributed by atoms with E-state index in [1.165, 1.54) is 38.8 Å². The molecular formula is C15H34N2. The fourth-order valence-electron chi connectivity index (χ4n) is 2.53. The van der Waals surface area contributed by atoms with Crippen molar-refractivity contribution in [2.45, 2.75) is 66.3 Å². The molecule has 0 aliphatic rings. The van der Waals surface area contributed by atoms with E-state index < -0.39 is 0 Å². The Morgan fingerprint density at radius 1 is 1.00 bits per heavy atom. The van der Waals surface area contributed by atoms with Crippen LogP contribution in [0.25, 0.3) is 0 Å². The maximum atomic E-state index is 5.79. The maximum Gasteiger partial charge on any atom is 0.00901 e. The van der Waals surface area contributed by atoms with Gasteiger partial charge in [-0.2, -0.15) is 0 Å². The summed E-state index contributed by atoms with van der Waals surface area (Å²) in [5.41, 5.74) is 5.79. The Balaban J connectivity index is 4.26. The Bertz CT molecular complexity index is 160. The van der Waals surface area contributed by atoms with E-state index >= 15 is 0 Å². The lowest BCUT2D eigenvalue weighted by Crippen LogP contribution is -2.39. The number of hydrogen-bond acceptors (Lipinski definition) is 2. The zero-order valence-corrected chi connectivity index (χ0v) is 12.7. The molecule has 2 N–H and O–H groups in total. The molecule has 0 fully saturated rings. The average Bonchev–Trinajstić information content (AvgIpc) is 2.30. The molecule has 0 heterocycles. The zero-order valence-electron chi connectivity index (χ0n) is 12.7. The third-order valence-electron chi connectivity index (χ3n) is 3.79. The fraction of sp³-hybridized carbons (Fsp3) is 1.00. The Morgan fingerprint density at radius 3 is 1.94 bits per heavy atom. The summed E-state index contributed by atoms with van der Waals surface area (Å²) in [5.74, 6) is 1.47. The molecule has 2 nitrogen and oxygen atoms in total. The highest BCUT2D eigenvalue weighted by Crippen LogP contribution is 2.15. The minimum atomic E-state index is 0.707. The lowest BCUT2D eigenvalue weighted by molar-refractivity contribution is 0.155. The van der Waals surface area contributed by atoms with E-state index in [0.717, 1.165) is 18.5 Å². The van der Waals surface area contributed by atoms with Crippen molar-refractivity contribution < 1.29 is 0 Å². The van der Waals surface area contributed by atoms with Crippen molar-refractivity contribution in [1.82, 2.24) is 4.90 Å². The van der Waals surface area contributed by atoms with Gasteiger partial charge in [0, 0.05) is 12.6 Å². The number of nitrogens with two attached hydrogens (primary N) is 1. The van der Waals surface area contributed by atoms with E-state index in [1.807, 2.05) is 0 Å². The lowest BCUT2D eigenvalue weighted by Gasteiger charge is -2.33. The van der Waals surface area contributed by atoms with Gasteiger partial charge in [0.15, 0.2) is 0 Å². The molecular weight excluding hydrogens is 208 g/mol. The Morgan fingerprint density at radius 2 is 1.59 bits per heavy atom. The third kappa shape index (κ3) is 7.05. The largest absolute Gasteiger partial charge is 0.330 e. The molecule has 0 saturated heterocycles. The van der Waals surface area contributed by atoms with Crippen LogP contribution in [0.2, 0.25) is 0 Å². The van der Waals surface area contributed by atoms with Gasteiger partial charge in [0.25, 0.3) is 0 Å². The second-order valence-electron chi connectivity index (χ2n) is 5.66. The molecule has 2 heteroatoms. The molecule has 0 radical (unpaired) electrons. The van der Waals surface area contributed by atoms with Crippen LogP contribution in [0.3, 0.4) is 0 Å². The van der Waals surface area contributed by atoms with Gasteiger partial charge in [-0.15, -0.1) is 0 Å². The van der Waals surface area contributed by atoms with Crippen LogP contribution < -0.4 is 5.73 Å². The van der Waals surface area contributed by atoms with Crippen LogP contribution in [0, 0.1) is 11.8 Å². The van der Waals surface area contributed by atoms with Gasteiger partial charge in [-0.1, -0.05) is 41.0 Å². The summed E-state index contributed by atoms with van der Waals surface area (Å²) in [6.45, 7) is 14.8. The highest BCUT2D eigenvalue weighted by Gasteiger charge is 2.17. The molecule has 104 valence electrons. The van der Waals surface area contributed by atoms with E-state index in [2.05, 4.69) is 39.5 Å². The van der Waals surface area contributed by atoms with E-state index in [4.69, 9.17) is 5.73 Å². The second kappa shape index (κ2) is 9.90. The van der Waals surface area contributed by atoms with Crippen LogP contribution in [-0.4, -0.2) is 30.6 Å².